The number of benzene rings is 1. The Balaban J connectivity index is 2.01. The van der Waals surface area contributed by atoms with Crippen LogP contribution in [0.15, 0.2) is 42.7 Å². The maximum absolute atomic E-state index is 10.8. The van der Waals surface area contributed by atoms with E-state index in [1.165, 1.54) is 5.56 Å². The van der Waals surface area contributed by atoms with Gasteiger partial charge in [0.05, 0.1) is 6.26 Å². The molecule has 3 nitrogen and oxygen atoms in total. The SMILES string of the molecule is COC1(C)C(C)C=COC1(O)CCCc1ccccc1. The van der Waals surface area contributed by atoms with Gasteiger partial charge in [-0.1, -0.05) is 37.3 Å². The van der Waals surface area contributed by atoms with E-state index in [0.717, 1.165) is 12.8 Å². The van der Waals surface area contributed by atoms with Crippen molar-refractivity contribution in [3.05, 3.63) is 48.2 Å². The fourth-order valence-corrected chi connectivity index (χ4v) is 2.76. The molecule has 110 valence electrons. The van der Waals surface area contributed by atoms with Crippen molar-refractivity contribution in [1.29, 1.82) is 0 Å². The fraction of sp³-hybridized carbons (Fsp3) is 0.529. The molecule has 0 saturated heterocycles. The Morgan fingerprint density at radius 1 is 1.30 bits per heavy atom. The molecule has 0 saturated carbocycles. The summed E-state index contributed by atoms with van der Waals surface area (Å²) in [6.45, 7) is 3.94. The van der Waals surface area contributed by atoms with E-state index in [-0.39, 0.29) is 5.92 Å². The van der Waals surface area contributed by atoms with Crippen LogP contribution in [-0.2, 0) is 15.9 Å². The van der Waals surface area contributed by atoms with Crippen LogP contribution >= 0.6 is 0 Å². The molecule has 0 spiro atoms. The maximum atomic E-state index is 10.8. The van der Waals surface area contributed by atoms with Gasteiger partial charge in [0.15, 0.2) is 0 Å². The van der Waals surface area contributed by atoms with Crippen LogP contribution in [0.3, 0.4) is 0 Å². The third-order valence-electron chi connectivity index (χ3n) is 4.52. The van der Waals surface area contributed by atoms with E-state index >= 15 is 0 Å². The van der Waals surface area contributed by atoms with Gasteiger partial charge in [-0.3, -0.25) is 0 Å². The minimum absolute atomic E-state index is 0.1000. The van der Waals surface area contributed by atoms with Crippen LogP contribution < -0.4 is 0 Å². The maximum Gasteiger partial charge on any atom is 0.236 e. The molecule has 0 bridgehead atoms. The van der Waals surface area contributed by atoms with Crippen LogP contribution in [0.2, 0.25) is 0 Å². The Labute approximate surface area is 121 Å². The lowest BCUT2D eigenvalue weighted by atomic mass is 9.78. The lowest BCUT2D eigenvalue weighted by molar-refractivity contribution is -0.301. The highest BCUT2D eigenvalue weighted by Crippen LogP contribution is 2.41. The van der Waals surface area contributed by atoms with Crippen molar-refractivity contribution in [3.63, 3.8) is 0 Å². The first-order chi connectivity index (χ1) is 9.52. The van der Waals surface area contributed by atoms with Gasteiger partial charge < -0.3 is 14.6 Å². The topological polar surface area (TPSA) is 38.7 Å². The zero-order valence-corrected chi connectivity index (χ0v) is 12.5. The van der Waals surface area contributed by atoms with Gasteiger partial charge in [0.25, 0.3) is 0 Å². The Morgan fingerprint density at radius 3 is 2.65 bits per heavy atom. The average Bonchev–Trinajstić information content (AvgIpc) is 2.46. The first kappa shape index (κ1) is 15.1. The van der Waals surface area contributed by atoms with Gasteiger partial charge in [0, 0.05) is 19.4 Å². The molecule has 1 heterocycles. The van der Waals surface area contributed by atoms with E-state index in [1.54, 1.807) is 13.4 Å². The minimum atomic E-state index is -1.27. The van der Waals surface area contributed by atoms with Gasteiger partial charge in [-0.15, -0.1) is 0 Å². The van der Waals surface area contributed by atoms with Gasteiger partial charge in [0.1, 0.15) is 5.60 Å². The highest BCUT2D eigenvalue weighted by atomic mass is 16.7. The molecular weight excluding hydrogens is 252 g/mol. The van der Waals surface area contributed by atoms with Crippen molar-refractivity contribution in [2.24, 2.45) is 5.92 Å². The van der Waals surface area contributed by atoms with Crippen LogP contribution in [0, 0.1) is 5.92 Å². The highest BCUT2D eigenvalue weighted by Gasteiger charge is 2.53. The number of ether oxygens (including phenoxy) is 2. The number of aliphatic hydroxyl groups is 1. The molecule has 20 heavy (non-hydrogen) atoms. The molecule has 0 amide bonds. The summed E-state index contributed by atoms with van der Waals surface area (Å²) in [5, 5.41) is 10.8. The van der Waals surface area contributed by atoms with E-state index in [4.69, 9.17) is 9.47 Å². The molecular formula is C17H24O3. The normalized spacial score (nSPS) is 32.9. The molecule has 1 aliphatic rings. The van der Waals surface area contributed by atoms with Crippen molar-refractivity contribution in [2.75, 3.05) is 7.11 Å². The quantitative estimate of drug-likeness (QED) is 0.897. The van der Waals surface area contributed by atoms with E-state index in [1.807, 2.05) is 38.1 Å². The second-order valence-electron chi connectivity index (χ2n) is 5.67. The Bertz CT molecular complexity index is 457. The number of aryl methyl sites for hydroxylation is 1. The largest absolute Gasteiger partial charge is 0.467 e. The van der Waals surface area contributed by atoms with Crippen LogP contribution in [-0.4, -0.2) is 23.6 Å². The molecule has 1 aliphatic heterocycles. The van der Waals surface area contributed by atoms with Crippen LogP contribution in [0.4, 0.5) is 0 Å². The van der Waals surface area contributed by atoms with Crippen LogP contribution in [0.1, 0.15) is 32.3 Å². The summed E-state index contributed by atoms with van der Waals surface area (Å²) < 4.78 is 11.1. The lowest BCUT2D eigenvalue weighted by Crippen LogP contribution is -2.59. The Kier molecular flexibility index (Phi) is 4.51. The second-order valence-corrected chi connectivity index (χ2v) is 5.67. The average molecular weight is 276 g/mol. The first-order valence-corrected chi connectivity index (χ1v) is 7.18. The summed E-state index contributed by atoms with van der Waals surface area (Å²) in [5.41, 5.74) is 0.549. The molecule has 0 aliphatic carbocycles. The number of hydrogen-bond acceptors (Lipinski definition) is 3. The molecule has 1 aromatic rings. The van der Waals surface area contributed by atoms with Crippen molar-refractivity contribution >= 4 is 0 Å². The van der Waals surface area contributed by atoms with E-state index in [2.05, 4.69) is 12.1 Å². The zero-order valence-electron chi connectivity index (χ0n) is 12.5. The summed E-state index contributed by atoms with van der Waals surface area (Å²) >= 11 is 0. The predicted octanol–water partition coefficient (Wildman–Crippen LogP) is 3.28. The molecule has 1 N–H and O–H groups in total. The van der Waals surface area contributed by atoms with Gasteiger partial charge in [0.2, 0.25) is 5.79 Å². The van der Waals surface area contributed by atoms with Crippen molar-refractivity contribution in [3.8, 4) is 0 Å². The molecule has 0 radical (unpaired) electrons. The molecule has 2 rings (SSSR count). The lowest BCUT2D eigenvalue weighted by Gasteiger charge is -2.47. The molecule has 3 atom stereocenters. The first-order valence-electron chi connectivity index (χ1n) is 7.18. The van der Waals surface area contributed by atoms with E-state index in [9.17, 15) is 5.11 Å². The zero-order chi connectivity index (χ0) is 14.6. The standard InChI is InChI=1S/C17H24O3/c1-14-11-13-20-17(18,16(14,2)19-3)12-7-10-15-8-5-4-6-9-15/h4-6,8-9,11,13-14,18H,7,10,12H2,1-3H3. The predicted molar refractivity (Wildman–Crippen MR) is 79.1 cm³/mol. The third-order valence-corrected chi connectivity index (χ3v) is 4.52. The van der Waals surface area contributed by atoms with Gasteiger partial charge in [-0.2, -0.15) is 0 Å². The van der Waals surface area contributed by atoms with Crippen molar-refractivity contribution < 1.29 is 14.6 Å². The molecule has 0 fully saturated rings. The Hall–Kier alpha value is -1.32. The highest BCUT2D eigenvalue weighted by molar-refractivity contribution is 5.15. The molecule has 3 heteroatoms. The van der Waals surface area contributed by atoms with E-state index < -0.39 is 11.4 Å². The fourth-order valence-electron chi connectivity index (χ4n) is 2.76. The van der Waals surface area contributed by atoms with Crippen molar-refractivity contribution in [1.82, 2.24) is 0 Å². The Morgan fingerprint density at radius 2 is 2.00 bits per heavy atom. The van der Waals surface area contributed by atoms with Gasteiger partial charge in [-0.05, 0) is 31.4 Å². The second kappa shape index (κ2) is 5.98. The minimum Gasteiger partial charge on any atom is -0.467 e. The van der Waals surface area contributed by atoms with Gasteiger partial charge in [-0.25, -0.2) is 0 Å². The summed E-state index contributed by atoms with van der Waals surface area (Å²) in [6.07, 6.45) is 5.83. The summed E-state index contributed by atoms with van der Waals surface area (Å²) in [5.74, 6) is -1.17. The smallest absolute Gasteiger partial charge is 0.236 e. The van der Waals surface area contributed by atoms with Gasteiger partial charge >= 0.3 is 0 Å². The number of methoxy groups -OCH3 is 1. The van der Waals surface area contributed by atoms with Crippen LogP contribution in [0.25, 0.3) is 0 Å². The molecule has 0 aromatic heterocycles. The number of rotatable bonds is 5. The van der Waals surface area contributed by atoms with Crippen molar-refractivity contribution in [2.45, 2.75) is 44.5 Å². The summed E-state index contributed by atoms with van der Waals surface area (Å²) in [7, 11) is 1.63. The van der Waals surface area contributed by atoms with Crippen LogP contribution in [0.5, 0.6) is 0 Å². The molecule has 1 aromatic carbocycles. The monoisotopic (exact) mass is 276 g/mol. The summed E-state index contributed by atoms with van der Waals surface area (Å²) in [6, 6.07) is 10.3. The third kappa shape index (κ3) is 2.74. The molecule has 3 unspecified atom stereocenters. The number of hydrogen-bond donors (Lipinski definition) is 1. The van der Waals surface area contributed by atoms with E-state index in [0.29, 0.717) is 6.42 Å². The summed E-state index contributed by atoms with van der Waals surface area (Å²) in [4.78, 5) is 0.